The smallest absolute Gasteiger partial charge is 0.373 e. The maximum absolute atomic E-state index is 11.7. The number of aromatic nitrogens is 3. The predicted molar refractivity (Wildman–Crippen MR) is 108 cm³/mol. The molecule has 0 saturated heterocycles. The molecule has 8 nitrogen and oxygen atoms in total. The van der Waals surface area contributed by atoms with E-state index in [1.165, 1.54) is 6.33 Å². The number of hydrogen-bond donors (Lipinski definition) is 1. The number of nitrogens with zero attached hydrogens (tertiary/aromatic N) is 4. The fraction of sp³-hybridized carbons (Fsp3) is 0. The van der Waals surface area contributed by atoms with Crippen LogP contribution in [0.1, 0.15) is 0 Å². The van der Waals surface area contributed by atoms with Crippen LogP contribution in [-0.4, -0.2) is 19.9 Å². The first-order valence-electron chi connectivity index (χ1n) is 8.15. The van der Waals surface area contributed by atoms with Crippen molar-refractivity contribution >= 4 is 44.0 Å². The zero-order chi connectivity index (χ0) is 19.5. The maximum atomic E-state index is 11.7. The highest BCUT2D eigenvalue weighted by Crippen LogP contribution is 2.36. The van der Waals surface area contributed by atoms with E-state index in [9.17, 15) is 10.1 Å². The van der Waals surface area contributed by atoms with Crippen LogP contribution in [0, 0.1) is 10.1 Å². The summed E-state index contributed by atoms with van der Waals surface area (Å²) in [5, 5.41) is 15.6. The predicted octanol–water partition coefficient (Wildman–Crippen LogP) is 5.23. The second-order valence-corrected chi connectivity index (χ2v) is 6.61. The Morgan fingerprint density at radius 1 is 1.00 bits per heavy atom. The van der Waals surface area contributed by atoms with Crippen LogP contribution in [0.25, 0.3) is 10.9 Å². The first kappa shape index (κ1) is 17.8. The zero-order valence-corrected chi connectivity index (χ0v) is 15.8. The third kappa shape index (κ3) is 3.60. The number of halogens is 1. The number of para-hydroxylation sites is 1. The number of hydrogen-bond acceptors (Lipinski definition) is 7. The highest BCUT2D eigenvalue weighted by molar-refractivity contribution is 9.10. The van der Waals surface area contributed by atoms with Crippen molar-refractivity contribution in [3.63, 3.8) is 0 Å². The van der Waals surface area contributed by atoms with Gasteiger partial charge in [-0.25, -0.2) is 4.98 Å². The minimum absolute atomic E-state index is 0.0188. The van der Waals surface area contributed by atoms with E-state index in [4.69, 9.17) is 4.74 Å². The van der Waals surface area contributed by atoms with Gasteiger partial charge >= 0.3 is 11.6 Å². The quantitative estimate of drug-likeness (QED) is 0.336. The van der Waals surface area contributed by atoms with Crippen molar-refractivity contribution in [3.05, 3.63) is 81.7 Å². The molecule has 4 rings (SSSR count). The minimum Gasteiger partial charge on any atom is -0.434 e. The Morgan fingerprint density at radius 3 is 2.57 bits per heavy atom. The molecule has 0 spiro atoms. The fourth-order valence-electron chi connectivity index (χ4n) is 2.64. The van der Waals surface area contributed by atoms with Gasteiger partial charge in [-0.3, -0.25) is 15.1 Å². The van der Waals surface area contributed by atoms with Crippen molar-refractivity contribution in [1.82, 2.24) is 15.0 Å². The van der Waals surface area contributed by atoms with Crippen molar-refractivity contribution in [3.8, 4) is 11.6 Å². The van der Waals surface area contributed by atoms with Crippen LogP contribution in [0.4, 0.5) is 17.2 Å². The number of anilines is 2. The van der Waals surface area contributed by atoms with E-state index in [1.807, 2.05) is 24.3 Å². The average molecular weight is 438 g/mol. The third-order valence-corrected chi connectivity index (χ3v) is 4.41. The number of ether oxygens (including phenoxy) is 1. The highest BCUT2D eigenvalue weighted by Gasteiger charge is 2.25. The topological polar surface area (TPSA) is 103 Å². The van der Waals surface area contributed by atoms with Gasteiger partial charge in [0.05, 0.1) is 16.1 Å². The van der Waals surface area contributed by atoms with Gasteiger partial charge in [-0.2, -0.15) is 4.98 Å². The van der Waals surface area contributed by atoms with Crippen LogP contribution in [0.15, 0.2) is 71.6 Å². The molecule has 0 radical (unpaired) electrons. The van der Waals surface area contributed by atoms with Crippen molar-refractivity contribution in [2.45, 2.75) is 0 Å². The monoisotopic (exact) mass is 437 g/mol. The molecule has 0 aliphatic rings. The molecule has 0 saturated carbocycles. The summed E-state index contributed by atoms with van der Waals surface area (Å²) in [5.74, 6) is 0.283. The Hall–Kier alpha value is -3.59. The molecular weight excluding hydrogens is 426 g/mol. The second-order valence-electron chi connectivity index (χ2n) is 5.69. The molecule has 0 unspecified atom stereocenters. The molecule has 4 aromatic rings. The van der Waals surface area contributed by atoms with E-state index >= 15 is 0 Å². The van der Waals surface area contributed by atoms with Crippen LogP contribution in [0.2, 0.25) is 0 Å². The van der Waals surface area contributed by atoms with Gasteiger partial charge in [-0.15, -0.1) is 0 Å². The van der Waals surface area contributed by atoms with Gasteiger partial charge in [-0.1, -0.05) is 34.1 Å². The molecule has 28 heavy (non-hydrogen) atoms. The van der Waals surface area contributed by atoms with Gasteiger partial charge in [0.1, 0.15) is 12.1 Å². The van der Waals surface area contributed by atoms with Gasteiger partial charge < -0.3 is 10.1 Å². The number of fused-ring (bicyclic) bond motifs is 1. The SMILES string of the molecule is O=[N+]([O-])c1c(Nc2cccc3cccnc23)ncnc1Oc1ccc(Br)cc1. The second kappa shape index (κ2) is 7.57. The Labute approximate surface area is 167 Å². The first-order valence-corrected chi connectivity index (χ1v) is 8.95. The highest BCUT2D eigenvalue weighted by atomic mass is 79.9. The van der Waals surface area contributed by atoms with Crippen LogP contribution >= 0.6 is 15.9 Å². The number of pyridine rings is 1. The van der Waals surface area contributed by atoms with E-state index in [2.05, 4.69) is 36.2 Å². The van der Waals surface area contributed by atoms with Gasteiger partial charge in [0.2, 0.25) is 5.82 Å². The molecule has 9 heteroatoms. The lowest BCUT2D eigenvalue weighted by atomic mass is 10.2. The molecule has 0 atom stereocenters. The lowest BCUT2D eigenvalue weighted by Crippen LogP contribution is -2.04. The van der Waals surface area contributed by atoms with E-state index < -0.39 is 4.92 Å². The molecule has 0 amide bonds. The number of nitrogens with one attached hydrogen (secondary N) is 1. The summed E-state index contributed by atoms with van der Waals surface area (Å²) < 4.78 is 6.49. The normalized spacial score (nSPS) is 10.6. The fourth-order valence-corrected chi connectivity index (χ4v) is 2.90. The zero-order valence-electron chi connectivity index (χ0n) is 14.2. The van der Waals surface area contributed by atoms with Crippen molar-refractivity contribution in [2.75, 3.05) is 5.32 Å². The Bertz CT molecular complexity index is 1160. The molecule has 138 valence electrons. The number of benzene rings is 2. The van der Waals surface area contributed by atoms with Crippen LogP contribution in [-0.2, 0) is 0 Å². The van der Waals surface area contributed by atoms with Crippen molar-refractivity contribution < 1.29 is 9.66 Å². The molecule has 0 bridgehead atoms. The summed E-state index contributed by atoms with van der Waals surface area (Å²) in [7, 11) is 0. The summed E-state index contributed by atoms with van der Waals surface area (Å²) in [5.41, 5.74) is 0.904. The summed E-state index contributed by atoms with van der Waals surface area (Å²) in [4.78, 5) is 23.5. The van der Waals surface area contributed by atoms with E-state index in [1.54, 1.807) is 36.5 Å². The summed E-state index contributed by atoms with van der Waals surface area (Å²) in [6, 6.07) is 16.1. The Balaban J connectivity index is 1.74. The van der Waals surface area contributed by atoms with Crippen molar-refractivity contribution in [2.24, 2.45) is 0 Å². The number of nitro groups is 1. The minimum atomic E-state index is -0.574. The molecule has 1 N–H and O–H groups in total. The molecule has 0 aliphatic heterocycles. The van der Waals surface area contributed by atoms with Crippen LogP contribution in [0.5, 0.6) is 11.6 Å². The lowest BCUT2D eigenvalue weighted by Gasteiger charge is -2.10. The standard InChI is InChI=1S/C19H12BrN5O3/c20-13-6-8-14(9-7-13)28-19-17(25(26)27)18(22-11-23-19)24-15-5-1-3-12-4-2-10-21-16(12)15/h1-11H,(H,22,23,24). The van der Waals surface area contributed by atoms with Crippen molar-refractivity contribution in [1.29, 1.82) is 0 Å². The lowest BCUT2D eigenvalue weighted by molar-refractivity contribution is -0.385. The molecular formula is C19H12BrN5O3. The van der Waals surface area contributed by atoms with E-state index in [0.717, 1.165) is 9.86 Å². The van der Waals surface area contributed by atoms with Crippen LogP contribution in [0.3, 0.4) is 0 Å². The van der Waals surface area contributed by atoms with Crippen LogP contribution < -0.4 is 10.1 Å². The maximum Gasteiger partial charge on any atom is 0.373 e. The van der Waals surface area contributed by atoms with Gasteiger partial charge in [0.15, 0.2) is 0 Å². The van der Waals surface area contributed by atoms with E-state index in [-0.39, 0.29) is 17.4 Å². The average Bonchev–Trinajstić information content (AvgIpc) is 2.70. The first-order chi connectivity index (χ1) is 13.6. The Morgan fingerprint density at radius 2 is 1.79 bits per heavy atom. The largest absolute Gasteiger partial charge is 0.434 e. The van der Waals surface area contributed by atoms with Gasteiger partial charge in [0, 0.05) is 16.1 Å². The summed E-state index contributed by atoms with van der Waals surface area (Å²) in [6.07, 6.45) is 2.87. The molecule has 2 aromatic heterocycles. The molecule has 2 aromatic carbocycles. The Kier molecular flexibility index (Phi) is 4.81. The molecule has 0 fully saturated rings. The summed E-state index contributed by atoms with van der Waals surface area (Å²) >= 11 is 3.33. The van der Waals surface area contributed by atoms with Gasteiger partial charge in [-0.05, 0) is 36.4 Å². The molecule has 2 heterocycles. The molecule has 0 aliphatic carbocycles. The third-order valence-electron chi connectivity index (χ3n) is 3.89. The van der Waals surface area contributed by atoms with Gasteiger partial charge in [0.25, 0.3) is 0 Å². The number of rotatable bonds is 5. The summed E-state index contributed by atoms with van der Waals surface area (Å²) in [6.45, 7) is 0. The van der Waals surface area contributed by atoms with E-state index in [0.29, 0.717) is 17.0 Å².